The molecule has 1 atom stereocenters. The van der Waals surface area contributed by atoms with Gasteiger partial charge in [-0.2, -0.15) is 0 Å². The Morgan fingerprint density at radius 2 is 2.04 bits per heavy atom. The molecule has 0 saturated heterocycles. The van der Waals surface area contributed by atoms with Crippen molar-refractivity contribution in [2.45, 2.75) is 4.21 Å². The number of nitrogens with two attached hydrogens (primary N) is 1. The molecule has 0 aliphatic carbocycles. The van der Waals surface area contributed by atoms with Gasteiger partial charge < -0.3 is 15.0 Å². The lowest BCUT2D eigenvalue weighted by molar-refractivity contribution is 0.217. The topological polar surface area (TPSA) is 97.0 Å². The smallest absolute Gasteiger partial charge is 0.232 e. The van der Waals surface area contributed by atoms with Crippen molar-refractivity contribution in [1.29, 1.82) is 0 Å². The first-order valence-electron chi connectivity index (χ1n) is 8.11. The fourth-order valence-corrected chi connectivity index (χ4v) is 5.76. The van der Waals surface area contributed by atoms with E-state index in [9.17, 15) is 4.55 Å². The molecule has 0 aliphatic rings. The molecule has 9 heteroatoms. The third kappa shape index (κ3) is 3.56. The number of hydrogen-bond acceptors (Lipinski definition) is 8. The Bertz CT molecular complexity index is 1050. The fraction of sp³-hybridized carbons (Fsp3) is 0.167. The molecule has 0 fully saturated rings. The molecule has 1 aromatic carbocycles. The molecule has 3 heterocycles. The van der Waals surface area contributed by atoms with Crippen LogP contribution in [0.5, 0.6) is 0 Å². The molecule has 0 amide bonds. The second kappa shape index (κ2) is 7.91. The van der Waals surface area contributed by atoms with E-state index in [2.05, 4.69) is 9.97 Å². The summed E-state index contributed by atoms with van der Waals surface area (Å²) in [5.41, 5.74) is 8.55. The zero-order valence-electron chi connectivity index (χ0n) is 14.4. The van der Waals surface area contributed by atoms with E-state index in [1.807, 2.05) is 35.7 Å². The van der Waals surface area contributed by atoms with Crippen LogP contribution in [0.25, 0.3) is 32.3 Å². The number of fused-ring (bicyclic) bond motifs is 1. The number of hydrogen-bond donors (Lipinski definition) is 1. The molecule has 0 spiro atoms. The quantitative estimate of drug-likeness (QED) is 0.480. The molecule has 2 N–H and O–H groups in total. The van der Waals surface area contributed by atoms with Crippen LogP contribution in [0.15, 0.2) is 46.1 Å². The van der Waals surface area contributed by atoms with Crippen LogP contribution in [0.1, 0.15) is 0 Å². The maximum atomic E-state index is 12.7. The van der Waals surface area contributed by atoms with Crippen molar-refractivity contribution in [3.8, 4) is 22.1 Å². The number of thiazole rings is 1. The summed E-state index contributed by atoms with van der Waals surface area (Å²) >= 11 is 1.58. The predicted molar refractivity (Wildman–Crippen MR) is 112 cm³/mol. The van der Waals surface area contributed by atoms with Crippen molar-refractivity contribution < 1.29 is 9.29 Å². The van der Waals surface area contributed by atoms with Crippen LogP contribution in [0.2, 0.25) is 0 Å². The van der Waals surface area contributed by atoms with Crippen LogP contribution in [-0.4, -0.2) is 39.0 Å². The molecule has 4 aromatic rings. The lowest BCUT2D eigenvalue weighted by Crippen LogP contribution is -2.11. The number of ether oxygens (including phenoxy) is 1. The van der Waals surface area contributed by atoms with E-state index in [0.29, 0.717) is 32.9 Å². The minimum absolute atomic E-state index is 0.390. The van der Waals surface area contributed by atoms with E-state index < -0.39 is 11.2 Å². The number of nitrogens with zero attached hydrogens (tertiary/aromatic N) is 3. The Hall–Kier alpha value is -2.04. The Labute approximate surface area is 167 Å². The van der Waals surface area contributed by atoms with Crippen molar-refractivity contribution in [3.05, 3.63) is 41.9 Å². The third-order valence-corrected chi connectivity index (χ3v) is 7.55. The molecular weight excluding hydrogens is 400 g/mol. The van der Waals surface area contributed by atoms with Gasteiger partial charge in [-0.25, -0.2) is 15.0 Å². The summed E-state index contributed by atoms with van der Waals surface area (Å²) in [7, 11) is 1.59. The van der Waals surface area contributed by atoms with E-state index in [1.165, 1.54) is 22.7 Å². The summed E-state index contributed by atoms with van der Waals surface area (Å²) in [6.45, 7) is 0.405. The van der Waals surface area contributed by atoms with Gasteiger partial charge in [0.25, 0.3) is 0 Å². The Balaban J connectivity index is 1.93. The van der Waals surface area contributed by atoms with Crippen LogP contribution in [-0.2, 0) is 15.9 Å². The first-order valence-corrected chi connectivity index (χ1v) is 11.1. The normalized spacial score (nSPS) is 12.5. The largest absolute Gasteiger partial charge is 0.611 e. The molecule has 4 rings (SSSR count). The zero-order valence-corrected chi connectivity index (χ0v) is 16.9. The van der Waals surface area contributed by atoms with E-state index in [0.717, 1.165) is 21.7 Å². The fourth-order valence-electron chi connectivity index (χ4n) is 2.66. The summed E-state index contributed by atoms with van der Waals surface area (Å²) in [6.07, 6.45) is 1.73. The molecule has 0 aliphatic heterocycles. The van der Waals surface area contributed by atoms with Crippen molar-refractivity contribution in [1.82, 2.24) is 15.0 Å². The highest BCUT2D eigenvalue weighted by molar-refractivity contribution is 7.93. The number of methoxy groups -OCH3 is 1. The summed E-state index contributed by atoms with van der Waals surface area (Å²) < 4.78 is 18.3. The van der Waals surface area contributed by atoms with Gasteiger partial charge in [-0.3, -0.25) is 0 Å². The van der Waals surface area contributed by atoms with Gasteiger partial charge in [-0.1, -0.05) is 41.7 Å². The Morgan fingerprint density at radius 1 is 1.22 bits per heavy atom. The number of aromatic nitrogens is 3. The molecule has 0 saturated carbocycles. The van der Waals surface area contributed by atoms with Gasteiger partial charge in [0.1, 0.15) is 16.3 Å². The Morgan fingerprint density at radius 3 is 2.74 bits per heavy atom. The zero-order chi connectivity index (χ0) is 18.8. The molecule has 1 unspecified atom stereocenters. The summed E-state index contributed by atoms with van der Waals surface area (Å²) in [5, 5.41) is 3.37. The summed E-state index contributed by atoms with van der Waals surface area (Å²) in [6, 6.07) is 9.81. The highest BCUT2D eigenvalue weighted by Crippen LogP contribution is 2.42. The van der Waals surface area contributed by atoms with Gasteiger partial charge in [-0.05, 0) is 0 Å². The maximum Gasteiger partial charge on any atom is 0.232 e. The minimum atomic E-state index is -1.25. The number of benzene rings is 1. The lowest BCUT2D eigenvalue weighted by atomic mass is 10.1. The van der Waals surface area contributed by atoms with Crippen LogP contribution < -0.4 is 5.73 Å². The molecule has 27 heavy (non-hydrogen) atoms. The van der Waals surface area contributed by atoms with Gasteiger partial charge in [0.2, 0.25) is 4.21 Å². The van der Waals surface area contributed by atoms with Gasteiger partial charge >= 0.3 is 0 Å². The maximum absolute atomic E-state index is 12.7. The second-order valence-electron chi connectivity index (χ2n) is 5.62. The first-order chi connectivity index (χ1) is 13.2. The highest BCUT2D eigenvalue weighted by Gasteiger charge is 2.25. The van der Waals surface area contributed by atoms with E-state index in [1.54, 1.807) is 13.3 Å². The SMILES string of the molecule is COCC[S+]([O-])c1sc2nc(-c3nccs3)nc(-c3ccccc3)c2c1N. The van der Waals surface area contributed by atoms with E-state index in [-0.39, 0.29) is 0 Å². The first kappa shape index (κ1) is 18.3. The van der Waals surface area contributed by atoms with Gasteiger partial charge in [0, 0.05) is 35.4 Å². The summed E-state index contributed by atoms with van der Waals surface area (Å²) in [4.78, 5) is 14.4. The molecule has 138 valence electrons. The second-order valence-corrected chi connectivity index (χ2v) is 9.28. The van der Waals surface area contributed by atoms with Gasteiger partial charge in [-0.15, -0.1) is 11.3 Å². The van der Waals surface area contributed by atoms with Crippen LogP contribution in [0.3, 0.4) is 0 Å². The van der Waals surface area contributed by atoms with E-state index >= 15 is 0 Å². The van der Waals surface area contributed by atoms with E-state index in [4.69, 9.17) is 15.5 Å². The third-order valence-electron chi connectivity index (χ3n) is 3.90. The average molecular weight is 417 g/mol. The lowest BCUT2D eigenvalue weighted by Gasteiger charge is -2.08. The molecular formula is C18H16N4O2S3. The van der Waals surface area contributed by atoms with Crippen molar-refractivity contribution in [2.24, 2.45) is 0 Å². The van der Waals surface area contributed by atoms with Crippen molar-refractivity contribution >= 4 is 49.8 Å². The number of thiophene rings is 1. The van der Waals surface area contributed by atoms with Crippen molar-refractivity contribution in [2.75, 3.05) is 25.2 Å². The van der Waals surface area contributed by atoms with Crippen LogP contribution in [0, 0.1) is 0 Å². The van der Waals surface area contributed by atoms with Crippen molar-refractivity contribution in [3.63, 3.8) is 0 Å². The standard InChI is InChI=1S/C18H16N4O2S3/c1-24-8-10-27(23)18-13(19)12-14(11-5-3-2-4-6-11)21-15(22-16(12)26-18)17-20-7-9-25-17/h2-7,9H,8,10,19H2,1H3. The average Bonchev–Trinajstić information content (AvgIpc) is 3.35. The molecule has 0 bridgehead atoms. The minimum Gasteiger partial charge on any atom is -0.611 e. The van der Waals surface area contributed by atoms with Gasteiger partial charge in [0.05, 0.1) is 17.7 Å². The molecule has 6 nitrogen and oxygen atoms in total. The highest BCUT2D eigenvalue weighted by atomic mass is 32.2. The molecule has 0 radical (unpaired) electrons. The Kier molecular flexibility index (Phi) is 5.37. The summed E-state index contributed by atoms with van der Waals surface area (Å²) in [5.74, 6) is 0.938. The van der Waals surface area contributed by atoms with Crippen LogP contribution in [0.4, 0.5) is 5.69 Å². The predicted octanol–water partition coefficient (Wildman–Crippen LogP) is 3.82. The van der Waals surface area contributed by atoms with Crippen LogP contribution >= 0.6 is 22.7 Å². The number of nitrogen functional groups attached to an aromatic ring is 1. The monoisotopic (exact) mass is 416 g/mol. The number of anilines is 1. The van der Waals surface area contributed by atoms with Gasteiger partial charge in [0.15, 0.2) is 10.8 Å². The molecule has 3 aromatic heterocycles. The number of rotatable bonds is 6.